The highest BCUT2D eigenvalue weighted by Gasteiger charge is 2.28. The summed E-state index contributed by atoms with van der Waals surface area (Å²) in [5.74, 6) is -0.309. The molecule has 1 amide bonds. The summed E-state index contributed by atoms with van der Waals surface area (Å²) in [5, 5.41) is 2.68. The second kappa shape index (κ2) is 5.69. The average molecular weight is 320 g/mol. The molecule has 110 valence electrons. The van der Waals surface area contributed by atoms with Gasteiger partial charge in [0.25, 0.3) is 15.0 Å². The average Bonchev–Trinajstić information content (AvgIpc) is 3.17. The van der Waals surface area contributed by atoms with Gasteiger partial charge in [-0.05, 0) is 42.9 Å². The van der Waals surface area contributed by atoms with Gasteiger partial charge in [0.2, 0.25) is 0 Å². The van der Waals surface area contributed by atoms with Crippen molar-refractivity contribution >= 4 is 25.6 Å². The lowest BCUT2D eigenvalue weighted by atomic mass is 10.1. The van der Waals surface area contributed by atoms with Crippen molar-refractivity contribution in [2.45, 2.75) is 24.7 Å². The van der Waals surface area contributed by atoms with Crippen LogP contribution < -0.4 is 5.32 Å². The molecule has 0 saturated heterocycles. The van der Waals surface area contributed by atoms with Gasteiger partial charge in [-0.1, -0.05) is 6.92 Å². The number of halogens is 2. The number of benzene rings is 1. The Morgan fingerprint density at radius 3 is 2.65 bits per heavy atom. The van der Waals surface area contributed by atoms with Crippen molar-refractivity contribution in [3.8, 4) is 0 Å². The molecule has 0 radical (unpaired) electrons. The lowest BCUT2D eigenvalue weighted by Crippen LogP contribution is -2.29. The van der Waals surface area contributed by atoms with Crippen LogP contribution in [0.15, 0.2) is 23.1 Å². The topological polar surface area (TPSA) is 63.2 Å². The van der Waals surface area contributed by atoms with Crippen molar-refractivity contribution in [1.29, 1.82) is 0 Å². The Morgan fingerprint density at radius 1 is 1.45 bits per heavy atom. The van der Waals surface area contributed by atoms with Crippen LogP contribution in [-0.2, 0) is 9.05 Å². The van der Waals surface area contributed by atoms with Crippen LogP contribution in [0.5, 0.6) is 0 Å². The molecule has 1 aromatic carbocycles. The highest BCUT2D eigenvalue weighted by Crippen LogP contribution is 2.36. The summed E-state index contributed by atoms with van der Waals surface area (Å²) in [6, 6.07) is 2.84. The molecule has 0 aliphatic heterocycles. The number of rotatable bonds is 5. The summed E-state index contributed by atoms with van der Waals surface area (Å²) in [6.07, 6.45) is 2.34. The molecule has 0 spiro atoms. The van der Waals surface area contributed by atoms with Crippen molar-refractivity contribution < 1.29 is 17.6 Å². The van der Waals surface area contributed by atoms with Crippen LogP contribution in [0.25, 0.3) is 0 Å². The molecule has 20 heavy (non-hydrogen) atoms. The van der Waals surface area contributed by atoms with E-state index in [1.165, 1.54) is 12.8 Å². The summed E-state index contributed by atoms with van der Waals surface area (Å²) in [4.78, 5) is 11.5. The smallest absolute Gasteiger partial charge is 0.261 e. The van der Waals surface area contributed by atoms with E-state index < -0.39 is 25.7 Å². The van der Waals surface area contributed by atoms with Gasteiger partial charge in [-0.15, -0.1) is 0 Å². The van der Waals surface area contributed by atoms with E-state index in [2.05, 4.69) is 5.32 Å². The second-order valence-electron chi connectivity index (χ2n) is 5.14. The molecule has 0 aromatic heterocycles. The predicted molar refractivity (Wildman–Crippen MR) is 73.7 cm³/mol. The van der Waals surface area contributed by atoms with E-state index in [0.717, 1.165) is 18.2 Å². The molecular weight excluding hydrogens is 305 g/mol. The van der Waals surface area contributed by atoms with Gasteiger partial charge in [-0.3, -0.25) is 4.79 Å². The highest BCUT2D eigenvalue weighted by molar-refractivity contribution is 8.13. The van der Waals surface area contributed by atoms with Crippen LogP contribution in [0, 0.1) is 17.7 Å². The van der Waals surface area contributed by atoms with E-state index in [1.54, 1.807) is 0 Å². The number of hydrogen-bond donors (Lipinski definition) is 1. The minimum absolute atomic E-state index is 0.0489. The summed E-state index contributed by atoms with van der Waals surface area (Å²) < 4.78 is 35.7. The molecule has 1 aliphatic carbocycles. The van der Waals surface area contributed by atoms with Crippen LogP contribution in [-0.4, -0.2) is 20.9 Å². The van der Waals surface area contributed by atoms with E-state index in [1.807, 2.05) is 6.92 Å². The van der Waals surface area contributed by atoms with Gasteiger partial charge in [-0.2, -0.15) is 0 Å². The maximum Gasteiger partial charge on any atom is 0.261 e. The maximum atomic E-state index is 13.4. The van der Waals surface area contributed by atoms with Crippen molar-refractivity contribution in [3.05, 3.63) is 29.6 Å². The molecule has 2 rings (SSSR count). The summed E-state index contributed by atoms with van der Waals surface area (Å²) in [5.41, 5.74) is -0.0489. The first-order chi connectivity index (χ1) is 9.27. The first kappa shape index (κ1) is 15.3. The molecule has 1 aromatic rings. The Bertz CT molecular complexity index is 629. The summed E-state index contributed by atoms with van der Waals surface area (Å²) in [6.45, 7) is 2.53. The number of nitrogens with one attached hydrogen (secondary N) is 1. The second-order valence-corrected chi connectivity index (χ2v) is 7.70. The zero-order valence-electron chi connectivity index (χ0n) is 10.9. The van der Waals surface area contributed by atoms with E-state index in [0.29, 0.717) is 18.4 Å². The lowest BCUT2D eigenvalue weighted by Gasteiger charge is -2.11. The van der Waals surface area contributed by atoms with E-state index in [9.17, 15) is 17.6 Å². The Morgan fingerprint density at radius 2 is 2.10 bits per heavy atom. The van der Waals surface area contributed by atoms with Crippen molar-refractivity contribution in [3.63, 3.8) is 0 Å². The lowest BCUT2D eigenvalue weighted by molar-refractivity contribution is 0.0946. The highest BCUT2D eigenvalue weighted by atomic mass is 35.7. The van der Waals surface area contributed by atoms with Gasteiger partial charge in [-0.25, -0.2) is 12.8 Å². The first-order valence-electron chi connectivity index (χ1n) is 6.31. The quantitative estimate of drug-likeness (QED) is 0.848. The van der Waals surface area contributed by atoms with Gasteiger partial charge >= 0.3 is 0 Å². The standard InChI is InChI=1S/C13H15ClFNO3S/c1-8(9-2-3-9)7-16-13(17)10-4-11(15)6-12(5-10)20(14,18)19/h4-6,8-9H,2-3,7H2,1H3,(H,16,17). The Kier molecular flexibility index (Phi) is 4.34. The summed E-state index contributed by atoms with van der Waals surface area (Å²) in [7, 11) is 1.09. The van der Waals surface area contributed by atoms with Crippen LogP contribution in [0.4, 0.5) is 4.39 Å². The first-order valence-corrected chi connectivity index (χ1v) is 8.62. The number of hydrogen-bond acceptors (Lipinski definition) is 3. The fourth-order valence-electron chi connectivity index (χ4n) is 2.02. The molecule has 0 heterocycles. The monoisotopic (exact) mass is 319 g/mol. The molecular formula is C13H15ClFNO3S. The zero-order valence-corrected chi connectivity index (χ0v) is 12.5. The third-order valence-corrected chi connectivity index (χ3v) is 4.76. The third-order valence-electron chi connectivity index (χ3n) is 3.43. The van der Waals surface area contributed by atoms with Gasteiger partial charge in [0.15, 0.2) is 0 Å². The Labute approximate surface area is 121 Å². The van der Waals surface area contributed by atoms with E-state index in [4.69, 9.17) is 10.7 Å². The van der Waals surface area contributed by atoms with Crippen LogP contribution in [0.3, 0.4) is 0 Å². The number of carbonyl (C=O) groups excluding carboxylic acids is 1. The van der Waals surface area contributed by atoms with E-state index >= 15 is 0 Å². The number of amides is 1. The van der Waals surface area contributed by atoms with Gasteiger partial charge in [0, 0.05) is 22.8 Å². The van der Waals surface area contributed by atoms with Crippen LogP contribution in [0.2, 0.25) is 0 Å². The molecule has 1 fully saturated rings. The largest absolute Gasteiger partial charge is 0.352 e. The molecule has 0 bridgehead atoms. The van der Waals surface area contributed by atoms with Gasteiger partial charge in [0.05, 0.1) is 4.90 Å². The van der Waals surface area contributed by atoms with Crippen molar-refractivity contribution in [2.24, 2.45) is 11.8 Å². The van der Waals surface area contributed by atoms with Crippen LogP contribution in [0.1, 0.15) is 30.1 Å². The SMILES string of the molecule is CC(CNC(=O)c1cc(F)cc(S(=O)(=O)Cl)c1)C1CC1. The Hall–Kier alpha value is -1.14. The molecule has 1 saturated carbocycles. The Balaban J connectivity index is 2.10. The molecule has 4 nitrogen and oxygen atoms in total. The minimum atomic E-state index is -4.06. The maximum absolute atomic E-state index is 13.4. The van der Waals surface area contributed by atoms with Gasteiger partial charge in [0.1, 0.15) is 5.82 Å². The predicted octanol–water partition coefficient (Wildman–Crippen LogP) is 2.53. The molecule has 1 atom stereocenters. The molecule has 1 aliphatic rings. The zero-order chi connectivity index (χ0) is 14.9. The molecule has 1 N–H and O–H groups in total. The number of carbonyl (C=O) groups is 1. The molecule has 1 unspecified atom stereocenters. The van der Waals surface area contributed by atoms with E-state index in [-0.39, 0.29) is 5.56 Å². The molecule has 7 heteroatoms. The fourth-order valence-corrected chi connectivity index (χ4v) is 2.81. The van der Waals surface area contributed by atoms with Gasteiger partial charge < -0.3 is 5.32 Å². The fraction of sp³-hybridized carbons (Fsp3) is 0.462. The normalized spacial score (nSPS) is 16.8. The van der Waals surface area contributed by atoms with Crippen LogP contribution >= 0.6 is 10.7 Å². The van der Waals surface area contributed by atoms with Crippen molar-refractivity contribution in [2.75, 3.05) is 6.54 Å². The minimum Gasteiger partial charge on any atom is -0.352 e. The van der Waals surface area contributed by atoms with Crippen molar-refractivity contribution in [1.82, 2.24) is 5.32 Å². The third kappa shape index (κ3) is 3.93. The summed E-state index contributed by atoms with van der Waals surface area (Å²) >= 11 is 0.